The van der Waals surface area contributed by atoms with E-state index < -0.39 is 18.1 Å². The first-order chi connectivity index (χ1) is 8.16. The quantitative estimate of drug-likeness (QED) is 0.698. The van der Waals surface area contributed by atoms with E-state index in [9.17, 15) is 9.59 Å². The van der Waals surface area contributed by atoms with Crippen molar-refractivity contribution in [2.75, 3.05) is 0 Å². The van der Waals surface area contributed by atoms with Crippen molar-refractivity contribution < 1.29 is 14.3 Å². The topological polar surface area (TPSA) is 81.4 Å². The van der Waals surface area contributed by atoms with Gasteiger partial charge in [-0.05, 0) is 25.7 Å². The van der Waals surface area contributed by atoms with Gasteiger partial charge >= 0.3 is 5.97 Å². The first-order valence-electron chi connectivity index (χ1n) is 6.43. The average Bonchev–Trinajstić information content (AvgIpc) is 2.22. The molecule has 0 saturated carbocycles. The molecule has 2 unspecified atom stereocenters. The van der Waals surface area contributed by atoms with E-state index in [2.05, 4.69) is 5.32 Å². The minimum absolute atomic E-state index is 0.0268. The summed E-state index contributed by atoms with van der Waals surface area (Å²) < 4.78 is 5.12. The van der Waals surface area contributed by atoms with Crippen LogP contribution in [0.15, 0.2) is 0 Å². The summed E-state index contributed by atoms with van der Waals surface area (Å²) in [6.07, 6.45) is -0.200. The van der Waals surface area contributed by atoms with Crippen LogP contribution in [-0.2, 0) is 14.3 Å². The standard InChI is InChI=1S/C13H26N2O3/c1-7(2)10(14)12(16)15-11(8(3)4)13(17)18-9(5)6/h7-11H,14H2,1-6H3,(H,15,16). The molecule has 0 rings (SSSR count). The van der Waals surface area contributed by atoms with Crippen LogP contribution in [0.5, 0.6) is 0 Å². The van der Waals surface area contributed by atoms with E-state index in [4.69, 9.17) is 10.5 Å². The Labute approximate surface area is 109 Å². The predicted molar refractivity (Wildman–Crippen MR) is 70.8 cm³/mol. The SMILES string of the molecule is CC(C)OC(=O)C(NC(=O)C(N)C(C)C)C(C)C. The molecule has 0 aliphatic rings. The number of carbonyl (C=O) groups excluding carboxylic acids is 2. The Morgan fingerprint density at radius 3 is 1.83 bits per heavy atom. The number of esters is 1. The van der Waals surface area contributed by atoms with Gasteiger partial charge in [0.05, 0.1) is 12.1 Å². The lowest BCUT2D eigenvalue weighted by Gasteiger charge is -2.24. The van der Waals surface area contributed by atoms with Gasteiger partial charge < -0.3 is 15.8 Å². The number of hydrogen-bond acceptors (Lipinski definition) is 4. The van der Waals surface area contributed by atoms with Crippen LogP contribution in [0.4, 0.5) is 0 Å². The zero-order chi connectivity index (χ0) is 14.5. The summed E-state index contributed by atoms with van der Waals surface area (Å²) in [5.41, 5.74) is 5.75. The van der Waals surface area contributed by atoms with Crippen molar-refractivity contribution in [3.8, 4) is 0 Å². The fourth-order valence-electron chi connectivity index (χ4n) is 1.36. The van der Waals surface area contributed by atoms with Gasteiger partial charge in [0.15, 0.2) is 0 Å². The summed E-state index contributed by atoms with van der Waals surface area (Å²) in [4.78, 5) is 23.7. The summed E-state index contributed by atoms with van der Waals surface area (Å²) >= 11 is 0. The molecule has 0 radical (unpaired) electrons. The Balaban J connectivity index is 4.64. The monoisotopic (exact) mass is 258 g/mol. The lowest BCUT2D eigenvalue weighted by atomic mass is 10.0. The van der Waals surface area contributed by atoms with Crippen LogP contribution < -0.4 is 11.1 Å². The maximum Gasteiger partial charge on any atom is 0.329 e. The van der Waals surface area contributed by atoms with Gasteiger partial charge in [-0.15, -0.1) is 0 Å². The number of carbonyl (C=O) groups is 2. The maximum absolute atomic E-state index is 11.8. The van der Waals surface area contributed by atoms with Crippen LogP contribution in [0.25, 0.3) is 0 Å². The molecule has 106 valence electrons. The van der Waals surface area contributed by atoms with Crippen LogP contribution in [0.3, 0.4) is 0 Å². The average molecular weight is 258 g/mol. The third-order valence-electron chi connectivity index (χ3n) is 2.59. The fraction of sp³-hybridized carbons (Fsp3) is 0.846. The van der Waals surface area contributed by atoms with Gasteiger partial charge in [0.25, 0.3) is 0 Å². The van der Waals surface area contributed by atoms with Crippen molar-refractivity contribution in [1.82, 2.24) is 5.32 Å². The third kappa shape index (κ3) is 5.49. The number of nitrogens with two attached hydrogens (primary N) is 1. The number of ether oxygens (including phenoxy) is 1. The lowest BCUT2D eigenvalue weighted by molar-refractivity contribution is -0.153. The molecule has 0 aromatic heterocycles. The normalized spacial score (nSPS) is 14.8. The van der Waals surface area contributed by atoms with Crippen molar-refractivity contribution in [3.63, 3.8) is 0 Å². The smallest absolute Gasteiger partial charge is 0.329 e. The second kappa shape index (κ2) is 7.36. The van der Waals surface area contributed by atoms with Crippen LogP contribution in [0.2, 0.25) is 0 Å². The minimum atomic E-state index is -0.648. The first kappa shape index (κ1) is 16.9. The molecule has 0 bridgehead atoms. The Kier molecular flexibility index (Phi) is 6.91. The van der Waals surface area contributed by atoms with Crippen molar-refractivity contribution in [2.24, 2.45) is 17.6 Å². The zero-order valence-electron chi connectivity index (χ0n) is 12.2. The van der Waals surface area contributed by atoms with Crippen LogP contribution >= 0.6 is 0 Å². The highest BCUT2D eigenvalue weighted by molar-refractivity contribution is 5.87. The zero-order valence-corrected chi connectivity index (χ0v) is 12.2. The minimum Gasteiger partial charge on any atom is -0.461 e. The first-order valence-corrected chi connectivity index (χ1v) is 6.43. The number of rotatable bonds is 6. The number of nitrogens with one attached hydrogen (secondary N) is 1. The number of amides is 1. The van der Waals surface area contributed by atoms with Gasteiger partial charge in [-0.1, -0.05) is 27.7 Å². The molecule has 5 nitrogen and oxygen atoms in total. The fourth-order valence-corrected chi connectivity index (χ4v) is 1.36. The second-order valence-corrected chi connectivity index (χ2v) is 5.49. The third-order valence-corrected chi connectivity index (χ3v) is 2.59. The molecule has 0 spiro atoms. The van der Waals surface area contributed by atoms with E-state index >= 15 is 0 Å². The molecule has 2 atom stereocenters. The van der Waals surface area contributed by atoms with Crippen LogP contribution in [0, 0.1) is 11.8 Å². The lowest BCUT2D eigenvalue weighted by Crippen LogP contribution is -2.52. The van der Waals surface area contributed by atoms with Gasteiger partial charge in [0.2, 0.25) is 5.91 Å². The summed E-state index contributed by atoms with van der Waals surface area (Å²) in [5, 5.41) is 2.66. The van der Waals surface area contributed by atoms with E-state index in [1.165, 1.54) is 0 Å². The van der Waals surface area contributed by atoms with E-state index in [0.29, 0.717) is 0 Å². The molecule has 5 heteroatoms. The van der Waals surface area contributed by atoms with Crippen molar-refractivity contribution in [3.05, 3.63) is 0 Å². The van der Waals surface area contributed by atoms with Gasteiger partial charge in [0.1, 0.15) is 6.04 Å². The largest absolute Gasteiger partial charge is 0.461 e. The highest BCUT2D eigenvalue weighted by Gasteiger charge is 2.29. The van der Waals surface area contributed by atoms with Gasteiger partial charge in [-0.25, -0.2) is 4.79 Å². The van der Waals surface area contributed by atoms with Crippen molar-refractivity contribution >= 4 is 11.9 Å². The Morgan fingerprint density at radius 2 is 1.50 bits per heavy atom. The van der Waals surface area contributed by atoms with Gasteiger partial charge in [0, 0.05) is 0 Å². The molecular formula is C13H26N2O3. The Bertz CT molecular complexity index is 288. The molecule has 0 heterocycles. The second-order valence-electron chi connectivity index (χ2n) is 5.49. The molecule has 18 heavy (non-hydrogen) atoms. The molecule has 0 saturated heterocycles. The highest BCUT2D eigenvalue weighted by atomic mass is 16.5. The van der Waals surface area contributed by atoms with E-state index in [1.54, 1.807) is 13.8 Å². The number of hydrogen-bond donors (Lipinski definition) is 2. The Hall–Kier alpha value is -1.10. The summed E-state index contributed by atoms with van der Waals surface area (Å²) in [7, 11) is 0. The molecule has 3 N–H and O–H groups in total. The summed E-state index contributed by atoms with van der Waals surface area (Å²) in [5.74, 6) is -0.743. The van der Waals surface area contributed by atoms with Crippen LogP contribution in [-0.4, -0.2) is 30.1 Å². The highest BCUT2D eigenvalue weighted by Crippen LogP contribution is 2.07. The molecule has 1 amide bonds. The van der Waals surface area contributed by atoms with E-state index in [-0.39, 0.29) is 23.8 Å². The molecule has 0 aliphatic carbocycles. The predicted octanol–water partition coefficient (Wildman–Crippen LogP) is 1.06. The Morgan fingerprint density at radius 1 is 1.00 bits per heavy atom. The molecule has 0 aliphatic heterocycles. The molecule has 0 fully saturated rings. The van der Waals surface area contributed by atoms with Crippen molar-refractivity contribution in [1.29, 1.82) is 0 Å². The molecular weight excluding hydrogens is 232 g/mol. The maximum atomic E-state index is 11.8. The van der Waals surface area contributed by atoms with E-state index in [1.807, 2.05) is 27.7 Å². The summed E-state index contributed by atoms with van der Waals surface area (Å²) in [6, 6.07) is -1.26. The summed E-state index contributed by atoms with van der Waals surface area (Å²) in [6.45, 7) is 11.0. The molecule has 0 aromatic carbocycles. The van der Waals surface area contributed by atoms with Crippen molar-refractivity contribution in [2.45, 2.75) is 59.7 Å². The van der Waals surface area contributed by atoms with E-state index in [0.717, 1.165) is 0 Å². The molecule has 0 aromatic rings. The van der Waals surface area contributed by atoms with Crippen LogP contribution in [0.1, 0.15) is 41.5 Å². The van der Waals surface area contributed by atoms with Gasteiger partial charge in [-0.2, -0.15) is 0 Å². The van der Waals surface area contributed by atoms with Gasteiger partial charge in [-0.3, -0.25) is 4.79 Å².